The first-order chi connectivity index (χ1) is 12.1. The zero-order valence-corrected chi connectivity index (χ0v) is 14.9. The second kappa shape index (κ2) is 6.56. The zero-order chi connectivity index (χ0) is 17.4. The van der Waals surface area contributed by atoms with Crippen LogP contribution in [0.2, 0.25) is 0 Å². The van der Waals surface area contributed by atoms with E-state index in [9.17, 15) is 9.90 Å². The minimum atomic E-state index is -1.17. The number of aliphatic hydroxyl groups excluding tert-OH is 1. The van der Waals surface area contributed by atoms with Crippen LogP contribution in [0, 0.1) is 23.2 Å². The van der Waals surface area contributed by atoms with Crippen molar-refractivity contribution in [1.29, 1.82) is 0 Å². The van der Waals surface area contributed by atoms with Crippen LogP contribution in [-0.2, 0) is 4.79 Å². The van der Waals surface area contributed by atoms with Gasteiger partial charge in [0.1, 0.15) is 0 Å². The molecule has 0 saturated heterocycles. The fraction of sp³-hybridized carbons (Fsp3) is 0.619. The highest BCUT2D eigenvalue weighted by Crippen LogP contribution is 2.60. The summed E-state index contributed by atoms with van der Waals surface area (Å²) in [6, 6.07) is 9.03. The molecule has 4 saturated carbocycles. The molecule has 134 valence electrons. The van der Waals surface area contributed by atoms with Crippen molar-refractivity contribution < 1.29 is 9.90 Å². The van der Waals surface area contributed by atoms with Gasteiger partial charge in [0.15, 0.2) is 6.10 Å². The Bertz CT molecular complexity index is 632. The molecule has 4 fully saturated rings. The molecule has 0 aromatic heterocycles. The highest BCUT2D eigenvalue weighted by atomic mass is 16.3. The van der Waals surface area contributed by atoms with Gasteiger partial charge in [0.05, 0.1) is 0 Å². The maximum atomic E-state index is 12.3. The zero-order valence-electron chi connectivity index (χ0n) is 14.9. The highest BCUT2D eigenvalue weighted by molar-refractivity contribution is 5.92. The van der Waals surface area contributed by atoms with E-state index >= 15 is 0 Å². The minimum Gasteiger partial charge on any atom is -0.378 e. The maximum absolute atomic E-state index is 12.3. The summed E-state index contributed by atoms with van der Waals surface area (Å²) in [5.74, 6) is 2.12. The van der Waals surface area contributed by atoms with Crippen molar-refractivity contribution in [3.63, 3.8) is 0 Å². The summed E-state index contributed by atoms with van der Waals surface area (Å²) in [6.07, 6.45) is 7.61. The van der Waals surface area contributed by atoms with Crippen LogP contribution >= 0.6 is 0 Å². The second-order valence-electron chi connectivity index (χ2n) is 8.40. The Morgan fingerprint density at radius 2 is 1.72 bits per heavy atom. The molecule has 4 bridgehead atoms. The number of hydrazone groups is 1. The van der Waals surface area contributed by atoms with E-state index < -0.39 is 12.0 Å². The molecule has 25 heavy (non-hydrogen) atoms. The molecule has 0 heterocycles. The van der Waals surface area contributed by atoms with E-state index in [4.69, 9.17) is 0 Å². The van der Waals surface area contributed by atoms with Crippen LogP contribution in [0.25, 0.3) is 0 Å². The van der Waals surface area contributed by atoms with Gasteiger partial charge in [-0.05, 0) is 68.3 Å². The number of aliphatic hydroxyl groups is 1. The third-order valence-electron chi connectivity index (χ3n) is 6.65. The third-order valence-corrected chi connectivity index (χ3v) is 6.65. The Morgan fingerprint density at radius 1 is 1.16 bits per heavy atom. The van der Waals surface area contributed by atoms with Crippen LogP contribution in [0.5, 0.6) is 0 Å². The standard InChI is InChI=1S/C21H28N2O2/c1-2-18(21-11-14-8-15(12-21)10-16(9-14)13-21)22-23-20(25)19(24)17-6-4-3-5-7-17/h3-7,14-16,19,24H,2,8-13H2,1H3,(H,23,25)/b22-18+. The second-order valence-corrected chi connectivity index (χ2v) is 8.40. The summed E-state index contributed by atoms with van der Waals surface area (Å²) in [6.45, 7) is 2.14. The van der Waals surface area contributed by atoms with Gasteiger partial charge in [0.25, 0.3) is 5.91 Å². The topological polar surface area (TPSA) is 61.7 Å². The molecular weight excluding hydrogens is 312 g/mol. The van der Waals surface area contributed by atoms with Gasteiger partial charge in [0.2, 0.25) is 0 Å². The highest BCUT2D eigenvalue weighted by Gasteiger charge is 2.52. The van der Waals surface area contributed by atoms with Gasteiger partial charge < -0.3 is 5.11 Å². The number of hydrogen-bond donors (Lipinski definition) is 2. The molecule has 2 N–H and O–H groups in total. The van der Waals surface area contributed by atoms with E-state index in [1.807, 2.05) is 18.2 Å². The number of rotatable bonds is 5. The number of carbonyl (C=O) groups is 1. The number of nitrogens with zero attached hydrogens (tertiary/aromatic N) is 1. The molecule has 1 amide bonds. The fourth-order valence-corrected chi connectivity index (χ4v) is 6.01. The molecule has 0 aliphatic heterocycles. The van der Waals surface area contributed by atoms with Gasteiger partial charge in [-0.1, -0.05) is 37.3 Å². The molecule has 1 aromatic carbocycles. The number of hydrogen-bond acceptors (Lipinski definition) is 3. The van der Waals surface area contributed by atoms with Gasteiger partial charge in [0, 0.05) is 11.1 Å². The van der Waals surface area contributed by atoms with Crippen LogP contribution in [0.15, 0.2) is 35.4 Å². The Labute approximate surface area is 149 Å². The molecule has 1 aromatic rings. The van der Waals surface area contributed by atoms with Crippen molar-refractivity contribution in [2.75, 3.05) is 0 Å². The van der Waals surface area contributed by atoms with Crippen LogP contribution in [0.4, 0.5) is 0 Å². The Hall–Kier alpha value is -1.68. The van der Waals surface area contributed by atoms with Crippen molar-refractivity contribution in [3.05, 3.63) is 35.9 Å². The molecule has 4 heteroatoms. The predicted molar refractivity (Wildman–Crippen MR) is 97.9 cm³/mol. The predicted octanol–water partition coefficient (Wildman–Crippen LogP) is 3.82. The van der Waals surface area contributed by atoms with Crippen molar-refractivity contribution in [1.82, 2.24) is 5.43 Å². The monoisotopic (exact) mass is 340 g/mol. The average Bonchev–Trinajstić information content (AvgIpc) is 2.61. The van der Waals surface area contributed by atoms with Gasteiger partial charge >= 0.3 is 0 Å². The Morgan fingerprint density at radius 3 is 2.24 bits per heavy atom. The number of amides is 1. The van der Waals surface area contributed by atoms with E-state index in [0.717, 1.165) is 29.9 Å². The lowest BCUT2D eigenvalue weighted by Gasteiger charge is -2.57. The summed E-state index contributed by atoms with van der Waals surface area (Å²) in [4.78, 5) is 12.3. The van der Waals surface area contributed by atoms with Crippen LogP contribution in [0.3, 0.4) is 0 Å². The first-order valence-corrected chi connectivity index (χ1v) is 9.69. The molecule has 0 spiro atoms. The summed E-state index contributed by atoms with van der Waals surface area (Å²) >= 11 is 0. The summed E-state index contributed by atoms with van der Waals surface area (Å²) in [5, 5.41) is 14.8. The van der Waals surface area contributed by atoms with E-state index in [1.165, 1.54) is 38.5 Å². The van der Waals surface area contributed by atoms with E-state index in [2.05, 4.69) is 17.5 Å². The lowest BCUT2D eigenvalue weighted by atomic mass is 9.48. The van der Waals surface area contributed by atoms with Gasteiger partial charge in [-0.15, -0.1) is 0 Å². The Kier molecular flexibility index (Phi) is 4.40. The molecule has 4 aliphatic rings. The summed E-state index contributed by atoms with van der Waals surface area (Å²) < 4.78 is 0. The van der Waals surface area contributed by atoms with Gasteiger partial charge in [-0.2, -0.15) is 5.10 Å². The van der Waals surface area contributed by atoms with E-state index in [-0.39, 0.29) is 5.41 Å². The van der Waals surface area contributed by atoms with Gasteiger partial charge in [-0.25, -0.2) is 5.43 Å². The van der Waals surface area contributed by atoms with E-state index in [1.54, 1.807) is 12.1 Å². The smallest absolute Gasteiger partial charge is 0.273 e. The maximum Gasteiger partial charge on any atom is 0.273 e. The molecule has 4 aliphatic carbocycles. The molecule has 5 rings (SSSR count). The minimum absolute atomic E-state index is 0.203. The average molecular weight is 340 g/mol. The van der Waals surface area contributed by atoms with Crippen LogP contribution in [0.1, 0.15) is 63.5 Å². The number of nitrogens with one attached hydrogen (secondary N) is 1. The molecule has 4 nitrogen and oxygen atoms in total. The van der Waals surface area contributed by atoms with Crippen molar-refractivity contribution in [2.24, 2.45) is 28.3 Å². The number of benzene rings is 1. The molecule has 1 atom stereocenters. The molecule has 0 radical (unpaired) electrons. The first kappa shape index (κ1) is 16.8. The van der Waals surface area contributed by atoms with Crippen molar-refractivity contribution >= 4 is 11.6 Å². The SMILES string of the molecule is CC/C(=N\NC(=O)C(O)c1ccccc1)C12CC3CC(CC(C3)C1)C2. The van der Waals surface area contributed by atoms with Crippen molar-refractivity contribution in [3.8, 4) is 0 Å². The number of carbonyl (C=O) groups excluding carboxylic acids is 1. The first-order valence-electron chi connectivity index (χ1n) is 9.69. The molecule has 1 unspecified atom stereocenters. The van der Waals surface area contributed by atoms with Crippen LogP contribution < -0.4 is 5.43 Å². The quantitative estimate of drug-likeness (QED) is 0.632. The summed E-state index contributed by atoms with van der Waals surface area (Å²) in [7, 11) is 0. The lowest BCUT2D eigenvalue weighted by Crippen LogP contribution is -2.50. The van der Waals surface area contributed by atoms with Crippen molar-refractivity contribution in [2.45, 2.75) is 58.0 Å². The normalized spacial score (nSPS) is 34.8. The third kappa shape index (κ3) is 3.12. The lowest BCUT2D eigenvalue weighted by molar-refractivity contribution is -0.129. The molecular formula is C21H28N2O2. The van der Waals surface area contributed by atoms with E-state index in [0.29, 0.717) is 5.56 Å². The largest absolute Gasteiger partial charge is 0.378 e. The van der Waals surface area contributed by atoms with Gasteiger partial charge in [-0.3, -0.25) is 4.79 Å². The summed E-state index contributed by atoms with van der Waals surface area (Å²) in [5.41, 5.74) is 4.60. The van der Waals surface area contributed by atoms with Crippen LogP contribution in [-0.4, -0.2) is 16.7 Å². The Balaban J connectivity index is 1.49. The fourth-order valence-electron chi connectivity index (χ4n) is 6.01.